The first-order valence-corrected chi connectivity index (χ1v) is 13.0. The molecule has 3 aromatic heterocycles. The van der Waals surface area contributed by atoms with Crippen LogP contribution in [0.3, 0.4) is 0 Å². The van der Waals surface area contributed by atoms with Crippen molar-refractivity contribution in [2.24, 2.45) is 5.92 Å². The first-order chi connectivity index (χ1) is 17.1. The largest absolute Gasteiger partial charge is 0.334 e. The Morgan fingerprint density at radius 3 is 2.63 bits per heavy atom. The van der Waals surface area contributed by atoms with Gasteiger partial charge in [0.15, 0.2) is 0 Å². The van der Waals surface area contributed by atoms with Gasteiger partial charge in [-0.1, -0.05) is 26.0 Å². The molecule has 0 aromatic carbocycles. The van der Waals surface area contributed by atoms with Crippen LogP contribution in [0.25, 0.3) is 5.82 Å². The summed E-state index contributed by atoms with van der Waals surface area (Å²) in [4.78, 5) is 32.1. The van der Waals surface area contributed by atoms with Gasteiger partial charge in [-0.05, 0) is 63.0 Å². The van der Waals surface area contributed by atoms with Crippen molar-refractivity contribution >= 4 is 5.91 Å². The Balaban J connectivity index is 1.22. The third-order valence-corrected chi connectivity index (χ3v) is 7.41. The lowest BCUT2D eigenvalue weighted by atomic mass is 9.94. The van der Waals surface area contributed by atoms with Crippen LogP contribution in [-0.2, 0) is 11.2 Å². The number of hydrogen-bond acceptors (Lipinski definition) is 5. The number of hydrogen-bond donors (Lipinski definition) is 0. The van der Waals surface area contributed by atoms with Gasteiger partial charge in [-0.25, -0.2) is 9.97 Å². The van der Waals surface area contributed by atoms with Gasteiger partial charge in [0.1, 0.15) is 11.6 Å². The SMILES string of the molecule is CC(C)c1nccn1-c1cccc([C@H]2CCCN2C(=O)C2CCN(CCc3ccccn3)CC2)n1. The van der Waals surface area contributed by atoms with E-state index in [9.17, 15) is 4.79 Å². The van der Waals surface area contributed by atoms with E-state index in [0.717, 1.165) is 81.3 Å². The zero-order valence-electron chi connectivity index (χ0n) is 20.9. The first-order valence-electron chi connectivity index (χ1n) is 13.0. The quantitative estimate of drug-likeness (QED) is 0.510. The van der Waals surface area contributed by atoms with E-state index in [1.807, 2.05) is 36.8 Å². The molecule has 1 amide bonds. The highest BCUT2D eigenvalue weighted by Crippen LogP contribution is 2.34. The summed E-state index contributed by atoms with van der Waals surface area (Å²) in [5.74, 6) is 2.63. The maximum atomic E-state index is 13.6. The number of carbonyl (C=O) groups excluding carboxylic acids is 1. The first kappa shape index (κ1) is 23.7. The highest BCUT2D eigenvalue weighted by Gasteiger charge is 2.36. The van der Waals surface area contributed by atoms with Crippen LogP contribution in [0, 0.1) is 5.92 Å². The van der Waals surface area contributed by atoms with E-state index in [1.54, 1.807) is 0 Å². The van der Waals surface area contributed by atoms with Crippen LogP contribution in [0.5, 0.6) is 0 Å². The molecule has 5 rings (SSSR count). The minimum Gasteiger partial charge on any atom is -0.334 e. The predicted octanol–water partition coefficient (Wildman–Crippen LogP) is 4.40. The zero-order valence-corrected chi connectivity index (χ0v) is 20.9. The molecular weight excluding hydrogens is 436 g/mol. The van der Waals surface area contributed by atoms with Crippen LogP contribution in [0.1, 0.15) is 68.7 Å². The fourth-order valence-electron chi connectivity index (χ4n) is 5.49. The number of aromatic nitrogens is 4. The van der Waals surface area contributed by atoms with Crippen molar-refractivity contribution in [1.29, 1.82) is 0 Å². The molecule has 2 saturated heterocycles. The van der Waals surface area contributed by atoms with Crippen molar-refractivity contribution in [3.8, 4) is 5.82 Å². The van der Waals surface area contributed by atoms with E-state index in [4.69, 9.17) is 4.98 Å². The Hall–Kier alpha value is -3.06. The van der Waals surface area contributed by atoms with Gasteiger partial charge in [-0.2, -0.15) is 0 Å². The summed E-state index contributed by atoms with van der Waals surface area (Å²) in [6.07, 6.45) is 10.5. The molecule has 3 aromatic rings. The second kappa shape index (κ2) is 10.7. The molecule has 0 radical (unpaired) electrons. The van der Waals surface area contributed by atoms with Gasteiger partial charge in [-0.15, -0.1) is 0 Å². The van der Waals surface area contributed by atoms with Crippen LogP contribution >= 0.6 is 0 Å². The van der Waals surface area contributed by atoms with E-state index in [-0.39, 0.29) is 12.0 Å². The van der Waals surface area contributed by atoms with E-state index >= 15 is 0 Å². The molecule has 2 aliphatic rings. The lowest BCUT2D eigenvalue weighted by molar-refractivity contribution is -0.138. The Labute approximate surface area is 208 Å². The standard InChI is InChI=1S/C28H36N6O/c1-21(2)27-30-15-20-34(27)26-10-5-8-24(31-26)25-9-6-16-33(25)28(35)22-11-17-32(18-12-22)19-13-23-7-3-4-14-29-23/h3-5,7-8,10,14-15,20-22,25H,6,9,11-13,16-19H2,1-2H3/t25-/m1/s1. The van der Waals surface area contributed by atoms with Gasteiger partial charge >= 0.3 is 0 Å². The lowest BCUT2D eigenvalue weighted by Gasteiger charge is -2.34. The number of imidazole rings is 1. The lowest BCUT2D eigenvalue weighted by Crippen LogP contribution is -2.43. The van der Waals surface area contributed by atoms with E-state index in [1.165, 1.54) is 0 Å². The van der Waals surface area contributed by atoms with Crippen LogP contribution in [0.4, 0.5) is 0 Å². The minimum absolute atomic E-state index is 0.0654. The Morgan fingerprint density at radius 1 is 1.00 bits per heavy atom. The Morgan fingerprint density at radius 2 is 1.86 bits per heavy atom. The molecular formula is C28H36N6O. The van der Waals surface area contributed by atoms with Crippen LogP contribution < -0.4 is 0 Å². The van der Waals surface area contributed by atoms with E-state index in [2.05, 4.69) is 56.4 Å². The molecule has 7 nitrogen and oxygen atoms in total. The highest BCUT2D eigenvalue weighted by molar-refractivity contribution is 5.79. The van der Waals surface area contributed by atoms with Gasteiger partial charge in [0.25, 0.3) is 0 Å². The van der Waals surface area contributed by atoms with Gasteiger partial charge in [0.05, 0.1) is 11.7 Å². The third kappa shape index (κ3) is 5.30. The number of likely N-dealkylation sites (tertiary alicyclic amines) is 2. The molecule has 0 spiro atoms. The molecule has 2 aliphatic heterocycles. The van der Waals surface area contributed by atoms with E-state index < -0.39 is 0 Å². The predicted molar refractivity (Wildman–Crippen MR) is 136 cm³/mol. The number of amides is 1. The molecule has 35 heavy (non-hydrogen) atoms. The zero-order chi connectivity index (χ0) is 24.2. The molecule has 0 N–H and O–H groups in total. The molecule has 0 bridgehead atoms. The van der Waals surface area contributed by atoms with Crippen molar-refractivity contribution in [2.45, 2.75) is 57.9 Å². The fraction of sp³-hybridized carbons (Fsp3) is 0.500. The van der Waals surface area contributed by atoms with Crippen molar-refractivity contribution in [2.75, 3.05) is 26.2 Å². The average molecular weight is 473 g/mol. The van der Waals surface area contributed by atoms with Crippen molar-refractivity contribution in [3.05, 3.63) is 72.2 Å². The summed E-state index contributed by atoms with van der Waals surface area (Å²) >= 11 is 0. The topological polar surface area (TPSA) is 67.2 Å². The van der Waals surface area contributed by atoms with Gasteiger partial charge in [0, 0.05) is 55.6 Å². The number of pyridine rings is 2. The van der Waals surface area contributed by atoms with Crippen molar-refractivity contribution < 1.29 is 4.79 Å². The molecule has 0 aliphatic carbocycles. The summed E-state index contributed by atoms with van der Waals surface area (Å²) in [6, 6.07) is 12.3. The van der Waals surface area contributed by atoms with Gasteiger partial charge in [0.2, 0.25) is 5.91 Å². The number of rotatable bonds is 7. The number of nitrogens with zero attached hydrogens (tertiary/aromatic N) is 6. The summed E-state index contributed by atoms with van der Waals surface area (Å²) in [5, 5.41) is 0. The van der Waals surface area contributed by atoms with Crippen molar-refractivity contribution in [3.63, 3.8) is 0 Å². The van der Waals surface area contributed by atoms with Crippen molar-refractivity contribution in [1.82, 2.24) is 29.3 Å². The maximum Gasteiger partial charge on any atom is 0.226 e. The van der Waals surface area contributed by atoms with Crippen LogP contribution in [0.2, 0.25) is 0 Å². The molecule has 0 unspecified atom stereocenters. The summed E-state index contributed by atoms with van der Waals surface area (Å²) in [7, 11) is 0. The molecule has 1 atom stereocenters. The average Bonchev–Trinajstić information content (AvgIpc) is 3.59. The smallest absolute Gasteiger partial charge is 0.226 e. The summed E-state index contributed by atoms with van der Waals surface area (Å²) in [5.41, 5.74) is 2.13. The molecule has 7 heteroatoms. The normalized spacial score (nSPS) is 19.5. The molecule has 184 valence electrons. The highest BCUT2D eigenvalue weighted by atomic mass is 16.2. The fourth-order valence-corrected chi connectivity index (χ4v) is 5.49. The van der Waals surface area contributed by atoms with E-state index in [0.29, 0.717) is 11.8 Å². The molecule has 2 fully saturated rings. The summed E-state index contributed by atoms with van der Waals surface area (Å²) < 4.78 is 2.07. The Kier molecular flexibility index (Phi) is 7.23. The summed E-state index contributed by atoms with van der Waals surface area (Å²) in [6.45, 7) is 8.08. The van der Waals surface area contributed by atoms with Gasteiger partial charge in [-0.3, -0.25) is 14.3 Å². The van der Waals surface area contributed by atoms with Gasteiger partial charge < -0.3 is 9.80 Å². The molecule has 5 heterocycles. The maximum absolute atomic E-state index is 13.6. The molecule has 0 saturated carbocycles. The second-order valence-corrected chi connectivity index (χ2v) is 10.1. The monoisotopic (exact) mass is 472 g/mol. The van der Waals surface area contributed by atoms with Crippen LogP contribution in [-0.4, -0.2) is 61.4 Å². The second-order valence-electron chi connectivity index (χ2n) is 10.1. The third-order valence-electron chi connectivity index (χ3n) is 7.41. The number of carbonyl (C=O) groups is 1. The minimum atomic E-state index is 0.0654. The van der Waals surface area contributed by atoms with Crippen LogP contribution in [0.15, 0.2) is 55.0 Å². The number of piperidine rings is 1. The Bertz CT molecular complexity index is 1120.